The van der Waals surface area contributed by atoms with Crippen LogP contribution in [0.1, 0.15) is 18.9 Å². The topological polar surface area (TPSA) is 46.2 Å². The Bertz CT molecular complexity index is 619. The van der Waals surface area contributed by atoms with E-state index in [1.807, 2.05) is 18.2 Å². The largest absolute Gasteiger partial charge is 0.493 e. The van der Waals surface area contributed by atoms with Gasteiger partial charge in [-0.3, -0.25) is 0 Å². The molecule has 5 heteroatoms. The van der Waals surface area contributed by atoms with Gasteiger partial charge in [-0.15, -0.1) is 0 Å². The first-order valence-corrected chi connectivity index (χ1v) is 8.21. The maximum Gasteiger partial charge on any atom is 0.174 e. The van der Waals surface area contributed by atoms with Crippen LogP contribution in [0, 0.1) is 5.92 Å². The molecular weight excluding hydrogens is 306 g/mol. The number of ether oxygens (including phenoxy) is 1. The van der Waals surface area contributed by atoms with Gasteiger partial charge in [-0.25, -0.2) is 4.98 Å². The molecule has 1 heterocycles. The number of aromatic nitrogens is 1. The molecule has 0 spiro atoms. The molecule has 1 aromatic heterocycles. The van der Waals surface area contributed by atoms with E-state index >= 15 is 0 Å². The molecule has 0 aliphatic heterocycles. The van der Waals surface area contributed by atoms with Gasteiger partial charge in [0.15, 0.2) is 16.7 Å². The average molecular weight is 329 g/mol. The van der Waals surface area contributed by atoms with Gasteiger partial charge < -0.3 is 15.4 Å². The third-order valence-electron chi connectivity index (χ3n) is 3.72. The van der Waals surface area contributed by atoms with Crippen LogP contribution >= 0.6 is 12.2 Å². The third-order valence-corrected chi connectivity index (χ3v) is 3.96. The Balaban J connectivity index is 1.85. The number of pyridine rings is 1. The highest BCUT2D eigenvalue weighted by molar-refractivity contribution is 7.80. The van der Waals surface area contributed by atoms with Crippen LogP contribution in [0.5, 0.6) is 5.75 Å². The lowest BCUT2D eigenvalue weighted by Gasteiger charge is -2.18. The Kier molecular flexibility index (Phi) is 6.81. The van der Waals surface area contributed by atoms with Crippen LogP contribution in [-0.4, -0.2) is 23.8 Å². The first-order chi connectivity index (χ1) is 11.2. The molecule has 0 aliphatic rings. The second kappa shape index (κ2) is 9.10. The van der Waals surface area contributed by atoms with Crippen molar-refractivity contribution in [1.82, 2.24) is 10.3 Å². The maximum absolute atomic E-state index is 5.36. The fourth-order valence-electron chi connectivity index (χ4n) is 2.35. The van der Waals surface area contributed by atoms with Crippen LogP contribution in [0.2, 0.25) is 0 Å². The van der Waals surface area contributed by atoms with E-state index in [2.05, 4.69) is 46.8 Å². The van der Waals surface area contributed by atoms with Gasteiger partial charge >= 0.3 is 0 Å². The molecule has 0 radical (unpaired) electrons. The van der Waals surface area contributed by atoms with Gasteiger partial charge in [0.25, 0.3) is 0 Å². The number of methoxy groups -OCH3 is 1. The highest BCUT2D eigenvalue weighted by atomic mass is 32.1. The van der Waals surface area contributed by atoms with Crippen molar-refractivity contribution in [3.05, 3.63) is 54.2 Å². The van der Waals surface area contributed by atoms with Crippen LogP contribution in [0.15, 0.2) is 48.7 Å². The zero-order valence-electron chi connectivity index (χ0n) is 13.6. The van der Waals surface area contributed by atoms with E-state index < -0.39 is 0 Å². The molecular formula is C18H23N3OS. The number of benzene rings is 1. The zero-order valence-corrected chi connectivity index (χ0v) is 14.4. The summed E-state index contributed by atoms with van der Waals surface area (Å²) in [6.45, 7) is 3.03. The summed E-state index contributed by atoms with van der Waals surface area (Å²) < 4.78 is 5.26. The normalized spacial score (nSPS) is 11.6. The fourth-order valence-corrected chi connectivity index (χ4v) is 2.53. The van der Waals surface area contributed by atoms with Crippen LogP contribution < -0.4 is 15.4 Å². The summed E-state index contributed by atoms with van der Waals surface area (Å²) in [6.07, 6.45) is 3.84. The van der Waals surface area contributed by atoms with Crippen molar-refractivity contribution in [2.24, 2.45) is 5.92 Å². The van der Waals surface area contributed by atoms with Crippen LogP contribution in [0.4, 0.5) is 5.82 Å². The SMILES string of the molecule is CCC(CNC(=S)Nc1ncccc1OC)Cc1ccccc1. The monoisotopic (exact) mass is 329 g/mol. The molecule has 2 aromatic rings. The van der Waals surface area contributed by atoms with Crippen molar-refractivity contribution < 1.29 is 4.74 Å². The van der Waals surface area contributed by atoms with Gasteiger partial charge in [-0.2, -0.15) is 0 Å². The summed E-state index contributed by atoms with van der Waals surface area (Å²) in [4.78, 5) is 4.24. The van der Waals surface area contributed by atoms with E-state index in [1.54, 1.807) is 13.3 Å². The van der Waals surface area contributed by atoms with Crippen molar-refractivity contribution in [2.45, 2.75) is 19.8 Å². The third kappa shape index (κ3) is 5.53. The van der Waals surface area contributed by atoms with Crippen molar-refractivity contribution >= 4 is 23.1 Å². The number of rotatable bonds is 7. The Labute approximate surface area is 143 Å². The molecule has 4 nitrogen and oxygen atoms in total. The van der Waals surface area contributed by atoms with Gasteiger partial charge in [0.05, 0.1) is 7.11 Å². The quantitative estimate of drug-likeness (QED) is 0.759. The van der Waals surface area contributed by atoms with Crippen molar-refractivity contribution in [3.63, 3.8) is 0 Å². The standard InChI is InChI=1S/C18H23N3OS/c1-3-14(12-15-8-5-4-6-9-15)13-20-18(23)21-17-16(22-2)10-7-11-19-17/h4-11,14H,3,12-13H2,1-2H3,(H2,19,20,21,23). The van der Waals surface area contributed by atoms with Crippen LogP contribution in [0.3, 0.4) is 0 Å². The van der Waals surface area contributed by atoms with Gasteiger partial charge in [0.2, 0.25) is 0 Å². The summed E-state index contributed by atoms with van der Waals surface area (Å²) in [6, 6.07) is 14.2. The smallest absolute Gasteiger partial charge is 0.174 e. The highest BCUT2D eigenvalue weighted by Gasteiger charge is 2.10. The summed E-state index contributed by atoms with van der Waals surface area (Å²) in [5.74, 6) is 1.83. The second-order valence-electron chi connectivity index (χ2n) is 5.35. The molecule has 0 amide bonds. The Morgan fingerprint density at radius 2 is 2.00 bits per heavy atom. The number of hydrogen-bond acceptors (Lipinski definition) is 3. The van der Waals surface area contributed by atoms with E-state index in [9.17, 15) is 0 Å². The lowest BCUT2D eigenvalue weighted by atomic mass is 9.97. The number of nitrogens with zero attached hydrogens (tertiary/aromatic N) is 1. The van der Waals surface area contributed by atoms with Gasteiger partial charge in [-0.05, 0) is 42.3 Å². The van der Waals surface area contributed by atoms with E-state index in [0.29, 0.717) is 22.6 Å². The molecule has 23 heavy (non-hydrogen) atoms. The lowest BCUT2D eigenvalue weighted by molar-refractivity contribution is 0.415. The van der Waals surface area contributed by atoms with Crippen LogP contribution in [-0.2, 0) is 6.42 Å². The number of anilines is 1. The zero-order chi connectivity index (χ0) is 16.5. The molecule has 0 saturated heterocycles. The predicted octanol–water partition coefficient (Wildman–Crippen LogP) is 3.65. The second-order valence-corrected chi connectivity index (χ2v) is 5.76. The number of nitrogens with one attached hydrogen (secondary N) is 2. The van der Waals surface area contributed by atoms with Crippen molar-refractivity contribution in [3.8, 4) is 5.75 Å². The lowest BCUT2D eigenvalue weighted by Crippen LogP contribution is -2.33. The molecule has 1 atom stereocenters. The molecule has 1 unspecified atom stereocenters. The summed E-state index contributed by atoms with van der Waals surface area (Å²) in [5, 5.41) is 6.93. The first kappa shape index (κ1) is 17.2. The Morgan fingerprint density at radius 1 is 1.22 bits per heavy atom. The number of thiocarbonyl (C=S) groups is 1. The predicted molar refractivity (Wildman–Crippen MR) is 98.9 cm³/mol. The highest BCUT2D eigenvalue weighted by Crippen LogP contribution is 2.19. The Hall–Kier alpha value is -2.14. The molecule has 0 fully saturated rings. The minimum atomic E-state index is 0.530. The van der Waals surface area contributed by atoms with Crippen LogP contribution in [0.25, 0.3) is 0 Å². The van der Waals surface area contributed by atoms with E-state index in [4.69, 9.17) is 17.0 Å². The number of hydrogen-bond donors (Lipinski definition) is 2. The maximum atomic E-state index is 5.36. The summed E-state index contributed by atoms with van der Waals surface area (Å²) in [7, 11) is 1.62. The minimum absolute atomic E-state index is 0.530. The van der Waals surface area contributed by atoms with Gasteiger partial charge in [0, 0.05) is 12.7 Å². The molecule has 0 aliphatic carbocycles. The Morgan fingerprint density at radius 3 is 2.70 bits per heavy atom. The van der Waals surface area contributed by atoms with Crippen molar-refractivity contribution in [1.29, 1.82) is 0 Å². The molecule has 1 aromatic carbocycles. The molecule has 0 saturated carbocycles. The van der Waals surface area contributed by atoms with Gasteiger partial charge in [0.1, 0.15) is 0 Å². The first-order valence-electron chi connectivity index (χ1n) is 7.80. The minimum Gasteiger partial charge on any atom is -0.493 e. The molecule has 2 rings (SSSR count). The average Bonchev–Trinajstić information content (AvgIpc) is 2.60. The van der Waals surface area contributed by atoms with E-state index in [-0.39, 0.29) is 0 Å². The fraction of sp³-hybridized carbons (Fsp3) is 0.333. The summed E-state index contributed by atoms with van der Waals surface area (Å²) >= 11 is 5.36. The molecule has 0 bridgehead atoms. The van der Waals surface area contributed by atoms with Gasteiger partial charge in [-0.1, -0.05) is 43.7 Å². The molecule has 2 N–H and O–H groups in total. The van der Waals surface area contributed by atoms with E-state index in [0.717, 1.165) is 19.4 Å². The molecule has 122 valence electrons. The van der Waals surface area contributed by atoms with Crippen molar-refractivity contribution in [2.75, 3.05) is 19.0 Å². The summed E-state index contributed by atoms with van der Waals surface area (Å²) in [5.41, 5.74) is 1.35. The van der Waals surface area contributed by atoms with E-state index in [1.165, 1.54) is 5.56 Å².